The number of hydrogen-bond acceptors (Lipinski definition) is 4. The van der Waals surface area contributed by atoms with Crippen LogP contribution in [0, 0.1) is 0 Å². The molecule has 1 aromatic carbocycles. The van der Waals surface area contributed by atoms with E-state index in [2.05, 4.69) is 6.58 Å². The van der Waals surface area contributed by atoms with Crippen LogP contribution in [0.5, 0.6) is 5.75 Å². The quantitative estimate of drug-likeness (QED) is 0.504. The molecular weight excluding hydrogens is 244 g/mol. The van der Waals surface area contributed by atoms with Gasteiger partial charge in [0.25, 0.3) is 10.1 Å². The van der Waals surface area contributed by atoms with Gasteiger partial charge in [0.1, 0.15) is 4.90 Å². The van der Waals surface area contributed by atoms with E-state index >= 15 is 0 Å². The van der Waals surface area contributed by atoms with E-state index in [1.165, 1.54) is 6.07 Å². The molecule has 2 aliphatic heterocycles. The van der Waals surface area contributed by atoms with Gasteiger partial charge in [-0.2, -0.15) is 13.3 Å². The summed E-state index contributed by atoms with van der Waals surface area (Å²) < 4.78 is 32.0. The van der Waals surface area contributed by atoms with Crippen molar-refractivity contribution in [3.05, 3.63) is 35.9 Å². The van der Waals surface area contributed by atoms with Crippen molar-refractivity contribution in [1.29, 1.82) is 0 Å². The summed E-state index contributed by atoms with van der Waals surface area (Å²) in [5.41, 5.74) is 1.33. The first kappa shape index (κ1) is 12.1. The van der Waals surface area contributed by atoms with Crippen molar-refractivity contribution in [3.8, 4) is 5.75 Å². The molecule has 0 unspecified atom stereocenters. The van der Waals surface area contributed by atoms with Gasteiger partial charge >= 0.3 is 0 Å². The number of fused-ring (bicyclic) bond motifs is 5. The smallest absolute Gasteiger partial charge is 0.298 e. The van der Waals surface area contributed by atoms with Gasteiger partial charge < -0.3 is 4.89 Å². The summed E-state index contributed by atoms with van der Waals surface area (Å²) in [6.07, 6.45) is 2.45. The van der Waals surface area contributed by atoms with Crippen molar-refractivity contribution in [1.82, 2.24) is 0 Å². The van der Waals surface area contributed by atoms with Crippen molar-refractivity contribution in [2.24, 2.45) is 0 Å². The highest BCUT2D eigenvalue weighted by Crippen LogP contribution is 2.32. The second-order valence-electron chi connectivity index (χ2n) is 3.65. The molecule has 0 aromatic heterocycles. The molecule has 2 bridgehead atoms. The molecule has 0 saturated heterocycles. The summed E-state index contributed by atoms with van der Waals surface area (Å²) in [6, 6.07) is 3.25. The van der Waals surface area contributed by atoms with Gasteiger partial charge in [-0.05, 0) is 23.6 Å². The van der Waals surface area contributed by atoms with Gasteiger partial charge in [0.15, 0.2) is 5.75 Å². The maximum atomic E-state index is 11.4. The predicted octanol–water partition coefficient (Wildman–Crippen LogP) is 1.53. The van der Waals surface area contributed by atoms with Gasteiger partial charge in [0.2, 0.25) is 0 Å². The van der Waals surface area contributed by atoms with E-state index in [1.54, 1.807) is 12.1 Å². The van der Waals surface area contributed by atoms with E-state index in [0.29, 0.717) is 25.0 Å². The Morgan fingerprint density at radius 1 is 1.47 bits per heavy atom. The fourth-order valence-electron chi connectivity index (χ4n) is 1.85. The van der Waals surface area contributed by atoms with Crippen molar-refractivity contribution in [2.45, 2.75) is 17.7 Å². The molecule has 2 aliphatic rings. The summed E-state index contributed by atoms with van der Waals surface area (Å²) >= 11 is 0. The van der Waals surface area contributed by atoms with Gasteiger partial charge in [0, 0.05) is 6.42 Å². The zero-order valence-electron chi connectivity index (χ0n) is 9.05. The Morgan fingerprint density at radius 3 is 2.88 bits per heavy atom. The van der Waals surface area contributed by atoms with Gasteiger partial charge in [-0.3, -0.25) is 4.55 Å². The van der Waals surface area contributed by atoms with Crippen LogP contribution in [0.25, 0.3) is 0 Å². The third-order valence-electron chi connectivity index (χ3n) is 2.53. The molecule has 1 aromatic rings. The Kier molecular flexibility index (Phi) is 3.19. The summed E-state index contributed by atoms with van der Waals surface area (Å²) in [7, 11) is -4.35. The van der Waals surface area contributed by atoms with Crippen LogP contribution in [0.4, 0.5) is 0 Å². The molecule has 0 aliphatic carbocycles. The van der Waals surface area contributed by atoms with Crippen molar-refractivity contribution in [2.75, 3.05) is 6.61 Å². The molecule has 1 N–H and O–H groups in total. The topological polar surface area (TPSA) is 72.8 Å². The molecule has 92 valence electrons. The number of allylic oxidation sites excluding steroid dienone is 1. The molecule has 0 fully saturated rings. The van der Waals surface area contributed by atoms with Gasteiger partial charge in [-0.1, -0.05) is 12.1 Å². The van der Waals surface area contributed by atoms with Gasteiger partial charge in [-0.15, -0.1) is 6.58 Å². The molecule has 0 atom stereocenters. The minimum absolute atomic E-state index is 0.00722. The van der Waals surface area contributed by atoms with Gasteiger partial charge in [-0.25, -0.2) is 0 Å². The first-order chi connectivity index (χ1) is 8.04. The minimum atomic E-state index is -4.35. The lowest BCUT2D eigenvalue weighted by Gasteiger charge is -2.18. The second-order valence-corrected chi connectivity index (χ2v) is 5.01. The number of benzene rings is 1. The molecule has 0 saturated carbocycles. The first-order valence-corrected chi connectivity index (χ1v) is 6.50. The summed E-state index contributed by atoms with van der Waals surface area (Å²) in [4.78, 5) is 9.46. The lowest BCUT2D eigenvalue weighted by Crippen LogP contribution is -2.15. The molecule has 0 radical (unpaired) electrons. The standard InChI is InChI=1S/C11H12O5S/c1-2-3-9-8-4-5-10(16-15-7-6-8)11(9)17(12,13)14/h2,4-5H,1,3,6-7H2,(H,12,13,14). The Labute approximate surface area is 99.3 Å². The molecule has 6 heteroatoms. The van der Waals surface area contributed by atoms with E-state index in [9.17, 15) is 13.0 Å². The van der Waals surface area contributed by atoms with Crippen LogP contribution in [-0.4, -0.2) is 19.6 Å². The van der Waals surface area contributed by atoms with E-state index in [-0.39, 0.29) is 10.6 Å². The lowest BCUT2D eigenvalue weighted by molar-refractivity contribution is -0.209. The van der Waals surface area contributed by atoms with E-state index in [0.717, 1.165) is 5.56 Å². The Balaban J connectivity index is 2.74. The maximum absolute atomic E-state index is 11.4. The summed E-state index contributed by atoms with van der Waals surface area (Å²) in [6.45, 7) is 3.92. The fourth-order valence-corrected chi connectivity index (χ4v) is 2.74. The fraction of sp³-hybridized carbons (Fsp3) is 0.273. The van der Waals surface area contributed by atoms with Crippen LogP contribution in [0.15, 0.2) is 29.7 Å². The van der Waals surface area contributed by atoms with Gasteiger partial charge in [0.05, 0.1) is 6.61 Å². The van der Waals surface area contributed by atoms with Crippen LogP contribution in [0.3, 0.4) is 0 Å². The van der Waals surface area contributed by atoms with E-state index < -0.39 is 10.1 Å². The third kappa shape index (κ3) is 2.33. The average molecular weight is 256 g/mol. The van der Waals surface area contributed by atoms with E-state index in [4.69, 9.17) is 9.78 Å². The Hall–Kier alpha value is -1.37. The number of rotatable bonds is 3. The van der Waals surface area contributed by atoms with Crippen LogP contribution in [-0.2, 0) is 27.8 Å². The highest BCUT2D eigenvalue weighted by Gasteiger charge is 2.25. The first-order valence-electron chi connectivity index (χ1n) is 5.06. The van der Waals surface area contributed by atoms with Crippen LogP contribution >= 0.6 is 0 Å². The summed E-state index contributed by atoms with van der Waals surface area (Å²) in [5, 5.41) is 0. The molecule has 0 amide bonds. The van der Waals surface area contributed by atoms with Crippen LogP contribution in [0.2, 0.25) is 0 Å². The lowest BCUT2D eigenvalue weighted by atomic mass is 10.0. The highest BCUT2D eigenvalue weighted by atomic mass is 32.2. The highest BCUT2D eigenvalue weighted by molar-refractivity contribution is 7.86. The molecule has 3 rings (SSSR count). The number of hydrogen-bond donors (Lipinski definition) is 1. The SMILES string of the molecule is C=CCc1c2ccc(c1S(=O)(=O)O)OOCC2. The normalized spacial score (nSPS) is 14.9. The zero-order chi connectivity index (χ0) is 12.5. The minimum Gasteiger partial charge on any atom is -0.336 e. The largest absolute Gasteiger partial charge is 0.336 e. The van der Waals surface area contributed by atoms with Crippen LogP contribution < -0.4 is 4.89 Å². The Morgan fingerprint density at radius 2 is 2.24 bits per heavy atom. The van der Waals surface area contributed by atoms with Crippen molar-refractivity contribution in [3.63, 3.8) is 0 Å². The van der Waals surface area contributed by atoms with Crippen molar-refractivity contribution < 1.29 is 22.7 Å². The monoisotopic (exact) mass is 256 g/mol. The predicted molar refractivity (Wildman–Crippen MR) is 60.4 cm³/mol. The molecule has 0 spiro atoms. The summed E-state index contributed by atoms with van der Waals surface area (Å²) in [5.74, 6) is 0.00722. The van der Waals surface area contributed by atoms with Crippen molar-refractivity contribution >= 4 is 10.1 Å². The Bertz CT molecular complexity index is 547. The molecule has 2 heterocycles. The average Bonchev–Trinajstić information content (AvgIpc) is 2.18. The third-order valence-corrected chi connectivity index (χ3v) is 3.49. The second kappa shape index (κ2) is 4.48. The molecule has 5 nitrogen and oxygen atoms in total. The van der Waals surface area contributed by atoms with Crippen LogP contribution in [0.1, 0.15) is 11.1 Å². The molecular formula is C11H12O5S. The zero-order valence-corrected chi connectivity index (χ0v) is 9.87. The van der Waals surface area contributed by atoms with E-state index in [1.807, 2.05) is 0 Å². The maximum Gasteiger partial charge on any atom is 0.298 e. The molecule has 17 heavy (non-hydrogen) atoms.